The standard InChI is InChI=1S/C22H30N2O2S.Al.3H/c1-3-21(25)24(19-8-5-4-6-9-19)22(18-26-2)12-15-23(16-13-22)14-11-20-10-7-17-27-20;;;;/h4-10,17H,3,11-16,18H2,1-2H3;;;;. The number of piperidine rings is 1. The lowest BCUT2D eigenvalue weighted by Crippen LogP contribution is -2.60. The second-order valence-electron chi connectivity index (χ2n) is 7.25. The van der Waals surface area contributed by atoms with Crippen LogP contribution in [0.2, 0.25) is 0 Å². The first-order chi connectivity index (χ1) is 13.2. The molecule has 1 aromatic heterocycles. The number of nitrogens with zero attached hydrogens (tertiary/aromatic N) is 2. The molecular formula is C22H33AlN2O2S. The largest absolute Gasteiger partial charge is 0.382 e. The van der Waals surface area contributed by atoms with Crippen LogP contribution in [0.15, 0.2) is 47.8 Å². The zero-order valence-electron chi connectivity index (χ0n) is 16.4. The lowest BCUT2D eigenvalue weighted by Gasteiger charge is -2.48. The minimum atomic E-state index is -0.261. The highest BCUT2D eigenvalue weighted by Crippen LogP contribution is 2.34. The van der Waals surface area contributed by atoms with Crippen molar-refractivity contribution in [1.82, 2.24) is 4.90 Å². The number of carbonyl (C=O) groups is 1. The smallest absolute Gasteiger partial charge is 0.227 e. The maximum atomic E-state index is 12.9. The Bertz CT molecular complexity index is 701. The van der Waals surface area contributed by atoms with Gasteiger partial charge in [-0.2, -0.15) is 0 Å². The van der Waals surface area contributed by atoms with Crippen molar-refractivity contribution in [1.29, 1.82) is 0 Å². The van der Waals surface area contributed by atoms with Crippen molar-refractivity contribution in [2.75, 3.05) is 38.3 Å². The maximum Gasteiger partial charge on any atom is 0.227 e. The second kappa shape index (κ2) is 11.1. The van der Waals surface area contributed by atoms with E-state index in [1.807, 2.05) is 53.5 Å². The molecule has 28 heavy (non-hydrogen) atoms. The monoisotopic (exact) mass is 416 g/mol. The van der Waals surface area contributed by atoms with Crippen LogP contribution < -0.4 is 4.90 Å². The zero-order valence-corrected chi connectivity index (χ0v) is 17.2. The number of benzene rings is 1. The van der Waals surface area contributed by atoms with Gasteiger partial charge in [-0.1, -0.05) is 31.2 Å². The van der Waals surface area contributed by atoms with Crippen molar-refractivity contribution in [3.05, 3.63) is 52.7 Å². The van der Waals surface area contributed by atoms with Crippen molar-refractivity contribution in [3.8, 4) is 0 Å². The molecule has 2 aromatic rings. The van der Waals surface area contributed by atoms with Crippen LogP contribution >= 0.6 is 11.3 Å². The van der Waals surface area contributed by atoms with Gasteiger partial charge >= 0.3 is 0 Å². The quantitative estimate of drug-likeness (QED) is 0.620. The fraction of sp³-hybridized carbons (Fsp3) is 0.500. The van der Waals surface area contributed by atoms with Gasteiger partial charge in [-0.15, -0.1) is 11.3 Å². The number of thiophene rings is 1. The topological polar surface area (TPSA) is 32.8 Å². The van der Waals surface area contributed by atoms with Crippen LogP contribution in [0, 0.1) is 0 Å². The Balaban J connectivity index is 0.00000280. The molecule has 0 saturated carbocycles. The number of methoxy groups -OCH3 is 1. The summed E-state index contributed by atoms with van der Waals surface area (Å²) in [5, 5.41) is 2.14. The molecular weight excluding hydrogens is 383 g/mol. The number of ether oxygens (including phenoxy) is 1. The summed E-state index contributed by atoms with van der Waals surface area (Å²) in [6.07, 6.45) is 3.48. The molecule has 0 atom stereocenters. The van der Waals surface area contributed by atoms with Gasteiger partial charge in [0.1, 0.15) is 0 Å². The Labute approximate surface area is 183 Å². The van der Waals surface area contributed by atoms with Gasteiger partial charge in [0.05, 0.1) is 12.1 Å². The fourth-order valence-electron chi connectivity index (χ4n) is 4.03. The molecule has 1 aliphatic rings. The van der Waals surface area contributed by atoms with Crippen molar-refractivity contribution >= 4 is 40.3 Å². The predicted octanol–water partition coefficient (Wildman–Crippen LogP) is 3.03. The molecule has 6 heteroatoms. The van der Waals surface area contributed by atoms with E-state index in [0.717, 1.165) is 44.6 Å². The molecule has 0 radical (unpaired) electrons. The normalized spacial score (nSPS) is 16.4. The van der Waals surface area contributed by atoms with Gasteiger partial charge in [0, 0.05) is 43.7 Å². The SMILES string of the molecule is CCC(=O)N(c1ccccc1)C1(COC)CCN(CCc2cccs2)CC1.[AlH3]. The Kier molecular flexibility index (Phi) is 9.20. The highest BCUT2D eigenvalue weighted by molar-refractivity contribution is 7.09. The lowest BCUT2D eigenvalue weighted by molar-refractivity contribution is -0.120. The van der Waals surface area contributed by atoms with Crippen molar-refractivity contribution in [2.45, 2.75) is 38.1 Å². The van der Waals surface area contributed by atoms with Crippen LogP contribution in [0.5, 0.6) is 0 Å². The second-order valence-corrected chi connectivity index (χ2v) is 8.28. The van der Waals surface area contributed by atoms with Gasteiger partial charge in [0.15, 0.2) is 17.4 Å². The first-order valence-electron chi connectivity index (χ1n) is 9.80. The summed E-state index contributed by atoms with van der Waals surface area (Å²) >= 11 is 1.83. The highest BCUT2D eigenvalue weighted by Gasteiger charge is 2.42. The molecule has 152 valence electrons. The molecule has 0 unspecified atom stereocenters. The number of anilines is 1. The predicted molar refractivity (Wildman–Crippen MR) is 122 cm³/mol. The molecule has 1 saturated heterocycles. The van der Waals surface area contributed by atoms with Gasteiger partial charge in [0.25, 0.3) is 0 Å². The molecule has 0 aliphatic carbocycles. The average Bonchev–Trinajstić information content (AvgIpc) is 3.22. The van der Waals surface area contributed by atoms with Crippen LogP contribution in [0.4, 0.5) is 5.69 Å². The summed E-state index contributed by atoms with van der Waals surface area (Å²) in [7, 11) is 1.74. The third-order valence-electron chi connectivity index (χ3n) is 5.49. The minimum absolute atomic E-state index is 0. The molecule has 0 spiro atoms. The van der Waals surface area contributed by atoms with Crippen LogP contribution in [0.3, 0.4) is 0 Å². The molecule has 2 heterocycles. The third-order valence-corrected chi connectivity index (χ3v) is 6.43. The van der Waals surface area contributed by atoms with E-state index in [1.165, 1.54) is 4.88 Å². The fourth-order valence-corrected chi connectivity index (χ4v) is 4.73. The van der Waals surface area contributed by atoms with Crippen LogP contribution in [-0.2, 0) is 16.0 Å². The van der Waals surface area contributed by atoms with Crippen molar-refractivity contribution in [3.63, 3.8) is 0 Å². The van der Waals surface area contributed by atoms with E-state index in [1.54, 1.807) is 7.11 Å². The van der Waals surface area contributed by atoms with Gasteiger partial charge in [-0.3, -0.25) is 4.79 Å². The van der Waals surface area contributed by atoms with Crippen molar-refractivity contribution in [2.24, 2.45) is 0 Å². The molecule has 3 rings (SSSR count). The summed E-state index contributed by atoms with van der Waals surface area (Å²) in [5.74, 6) is 0.172. The van der Waals surface area contributed by atoms with Crippen molar-refractivity contribution < 1.29 is 9.53 Å². The van der Waals surface area contributed by atoms with E-state index in [9.17, 15) is 4.79 Å². The number of carbonyl (C=O) groups excluding carboxylic acids is 1. The highest BCUT2D eigenvalue weighted by atomic mass is 32.1. The van der Waals surface area contributed by atoms with Crippen LogP contribution in [0.1, 0.15) is 31.1 Å². The molecule has 1 aromatic carbocycles. The molecule has 0 bridgehead atoms. The molecule has 0 N–H and O–H groups in total. The zero-order chi connectivity index (χ0) is 19.1. The molecule has 4 nitrogen and oxygen atoms in total. The van der Waals surface area contributed by atoms with E-state index in [2.05, 4.69) is 22.4 Å². The average molecular weight is 417 g/mol. The Hall–Kier alpha value is -1.16. The Morgan fingerprint density at radius 3 is 2.46 bits per heavy atom. The summed E-state index contributed by atoms with van der Waals surface area (Å²) in [6.45, 7) is 5.59. The van der Waals surface area contributed by atoms with E-state index in [4.69, 9.17) is 4.74 Å². The lowest BCUT2D eigenvalue weighted by atomic mass is 9.85. The maximum absolute atomic E-state index is 12.9. The number of para-hydroxylation sites is 1. The first kappa shape index (κ1) is 23.1. The van der Waals surface area contributed by atoms with Gasteiger partial charge < -0.3 is 14.5 Å². The van der Waals surface area contributed by atoms with E-state index < -0.39 is 0 Å². The Morgan fingerprint density at radius 2 is 1.89 bits per heavy atom. The van der Waals surface area contributed by atoms with Gasteiger partial charge in [0.2, 0.25) is 5.91 Å². The number of hydrogen-bond donors (Lipinski definition) is 0. The van der Waals surface area contributed by atoms with Gasteiger partial charge in [-0.25, -0.2) is 0 Å². The van der Waals surface area contributed by atoms with E-state index in [-0.39, 0.29) is 28.8 Å². The summed E-state index contributed by atoms with van der Waals surface area (Å²) in [5.41, 5.74) is 0.719. The number of likely N-dealkylation sites (tertiary alicyclic amines) is 1. The number of rotatable bonds is 8. The van der Waals surface area contributed by atoms with Crippen LogP contribution in [-0.4, -0.2) is 67.1 Å². The number of amides is 1. The van der Waals surface area contributed by atoms with E-state index in [0.29, 0.717) is 13.0 Å². The summed E-state index contributed by atoms with van der Waals surface area (Å²) in [4.78, 5) is 18.9. The Morgan fingerprint density at radius 1 is 1.18 bits per heavy atom. The third kappa shape index (κ3) is 5.46. The molecule has 1 amide bonds. The van der Waals surface area contributed by atoms with Gasteiger partial charge in [-0.05, 0) is 42.8 Å². The molecule has 1 aliphatic heterocycles. The minimum Gasteiger partial charge on any atom is -0.382 e. The first-order valence-corrected chi connectivity index (χ1v) is 10.7. The van der Waals surface area contributed by atoms with Crippen LogP contribution in [0.25, 0.3) is 0 Å². The summed E-state index contributed by atoms with van der Waals surface area (Å²) < 4.78 is 5.63. The molecule has 1 fully saturated rings. The summed E-state index contributed by atoms with van der Waals surface area (Å²) in [6, 6.07) is 14.4. The number of hydrogen-bond acceptors (Lipinski definition) is 4. The van der Waals surface area contributed by atoms with E-state index >= 15 is 0 Å².